The molecule has 2 heteroatoms. The average Bonchev–Trinajstić information content (AvgIpc) is 2.16. The van der Waals surface area contributed by atoms with Gasteiger partial charge in [0.15, 0.2) is 0 Å². The van der Waals surface area contributed by atoms with Crippen LogP contribution in [0.5, 0.6) is 0 Å². The van der Waals surface area contributed by atoms with Crippen molar-refractivity contribution in [2.45, 2.75) is 51.1 Å². The van der Waals surface area contributed by atoms with Crippen LogP contribution in [0.4, 0.5) is 0 Å². The van der Waals surface area contributed by atoms with Gasteiger partial charge in [0, 0.05) is 18.6 Å². The van der Waals surface area contributed by atoms with E-state index in [1.807, 2.05) is 7.05 Å². The molecule has 12 heavy (non-hydrogen) atoms. The smallest absolute Gasteiger partial charge is 0.0161 e. The van der Waals surface area contributed by atoms with Gasteiger partial charge < -0.3 is 10.6 Å². The first-order valence-electron chi connectivity index (χ1n) is 5.23. The molecule has 0 aromatic rings. The molecule has 1 fully saturated rings. The molecule has 0 spiro atoms. The van der Waals surface area contributed by atoms with E-state index in [0.717, 1.165) is 12.6 Å². The largest absolute Gasteiger partial charge is 0.316 e. The molecular weight excluding hydrogens is 148 g/mol. The van der Waals surface area contributed by atoms with Crippen molar-refractivity contribution in [1.82, 2.24) is 10.6 Å². The topological polar surface area (TPSA) is 24.1 Å². The highest BCUT2D eigenvalue weighted by atomic mass is 15.0. The van der Waals surface area contributed by atoms with Crippen LogP contribution in [0.3, 0.4) is 0 Å². The molecule has 1 aliphatic rings. The number of rotatable bonds is 4. The zero-order valence-corrected chi connectivity index (χ0v) is 8.40. The van der Waals surface area contributed by atoms with Gasteiger partial charge in [0.1, 0.15) is 0 Å². The summed E-state index contributed by atoms with van der Waals surface area (Å²) >= 11 is 0. The van der Waals surface area contributed by atoms with E-state index in [0.29, 0.717) is 6.04 Å². The molecule has 1 aliphatic carbocycles. The maximum atomic E-state index is 3.61. The third kappa shape index (κ3) is 3.55. The molecule has 0 radical (unpaired) electrons. The van der Waals surface area contributed by atoms with E-state index < -0.39 is 0 Å². The van der Waals surface area contributed by atoms with Crippen molar-refractivity contribution in [3.63, 3.8) is 0 Å². The van der Waals surface area contributed by atoms with E-state index in [-0.39, 0.29) is 0 Å². The molecule has 72 valence electrons. The third-order valence-electron chi connectivity index (χ3n) is 2.81. The van der Waals surface area contributed by atoms with Crippen molar-refractivity contribution in [2.75, 3.05) is 13.6 Å². The minimum atomic E-state index is 0.604. The number of hydrogen-bond acceptors (Lipinski definition) is 2. The van der Waals surface area contributed by atoms with Crippen molar-refractivity contribution in [3.8, 4) is 0 Å². The highest BCUT2D eigenvalue weighted by Gasteiger charge is 2.12. The Labute approximate surface area is 76.1 Å². The van der Waals surface area contributed by atoms with Crippen LogP contribution in [-0.2, 0) is 0 Å². The van der Waals surface area contributed by atoms with Crippen molar-refractivity contribution in [1.29, 1.82) is 0 Å². The van der Waals surface area contributed by atoms with Crippen molar-refractivity contribution in [2.24, 2.45) is 0 Å². The first-order valence-corrected chi connectivity index (χ1v) is 5.23. The zero-order valence-electron chi connectivity index (χ0n) is 8.40. The Morgan fingerprint density at radius 2 is 1.92 bits per heavy atom. The second-order valence-electron chi connectivity index (χ2n) is 3.93. The summed E-state index contributed by atoms with van der Waals surface area (Å²) in [6, 6.07) is 1.40. The van der Waals surface area contributed by atoms with Crippen molar-refractivity contribution >= 4 is 0 Å². The fourth-order valence-corrected chi connectivity index (χ4v) is 1.75. The van der Waals surface area contributed by atoms with Gasteiger partial charge in [-0.3, -0.25) is 0 Å². The Balaban J connectivity index is 2.05. The lowest BCUT2D eigenvalue weighted by molar-refractivity contribution is 0.360. The van der Waals surface area contributed by atoms with E-state index >= 15 is 0 Å². The summed E-state index contributed by atoms with van der Waals surface area (Å²) in [5.74, 6) is 0. The zero-order chi connectivity index (χ0) is 8.81. The molecule has 0 aliphatic heterocycles. The lowest BCUT2D eigenvalue weighted by Gasteiger charge is -2.24. The quantitative estimate of drug-likeness (QED) is 0.668. The second-order valence-corrected chi connectivity index (χ2v) is 3.93. The molecule has 0 aromatic heterocycles. The van der Waals surface area contributed by atoms with Crippen LogP contribution in [-0.4, -0.2) is 25.7 Å². The van der Waals surface area contributed by atoms with E-state index in [2.05, 4.69) is 17.6 Å². The van der Waals surface area contributed by atoms with Crippen LogP contribution in [0.25, 0.3) is 0 Å². The summed E-state index contributed by atoms with van der Waals surface area (Å²) < 4.78 is 0. The molecule has 1 rings (SSSR count). The molecular formula is C10H22N2. The minimum absolute atomic E-state index is 0.604. The standard InChI is InChI=1S/C10H22N2/c1-9(11-2)8-12-10-6-4-3-5-7-10/h9-12H,3-8H2,1-2H3/t9-/m0/s1. The maximum absolute atomic E-state index is 3.61. The molecule has 0 amide bonds. The Morgan fingerprint density at radius 1 is 1.25 bits per heavy atom. The van der Waals surface area contributed by atoms with Crippen molar-refractivity contribution in [3.05, 3.63) is 0 Å². The van der Waals surface area contributed by atoms with Gasteiger partial charge in [-0.2, -0.15) is 0 Å². The fraction of sp³-hybridized carbons (Fsp3) is 1.00. The number of hydrogen-bond donors (Lipinski definition) is 2. The SMILES string of the molecule is CN[C@@H](C)CNC1CCCCC1. The lowest BCUT2D eigenvalue weighted by Crippen LogP contribution is -2.40. The minimum Gasteiger partial charge on any atom is -0.316 e. The Hall–Kier alpha value is -0.0800. The van der Waals surface area contributed by atoms with E-state index in [1.54, 1.807) is 0 Å². The van der Waals surface area contributed by atoms with Gasteiger partial charge >= 0.3 is 0 Å². The summed E-state index contributed by atoms with van der Waals surface area (Å²) in [5.41, 5.74) is 0. The lowest BCUT2D eigenvalue weighted by atomic mass is 9.95. The molecule has 0 bridgehead atoms. The van der Waals surface area contributed by atoms with Gasteiger partial charge in [0.25, 0.3) is 0 Å². The predicted octanol–water partition coefficient (Wildman–Crippen LogP) is 1.52. The van der Waals surface area contributed by atoms with Crippen molar-refractivity contribution < 1.29 is 0 Å². The molecule has 1 saturated carbocycles. The van der Waals surface area contributed by atoms with Crippen LogP contribution >= 0.6 is 0 Å². The van der Waals surface area contributed by atoms with Crippen LogP contribution < -0.4 is 10.6 Å². The van der Waals surface area contributed by atoms with Gasteiger partial charge in [-0.25, -0.2) is 0 Å². The molecule has 0 aromatic carbocycles. The first kappa shape index (κ1) is 10.0. The van der Waals surface area contributed by atoms with Crippen LogP contribution in [0.2, 0.25) is 0 Å². The summed E-state index contributed by atoms with van der Waals surface area (Å²) in [7, 11) is 2.02. The third-order valence-corrected chi connectivity index (χ3v) is 2.81. The molecule has 0 saturated heterocycles. The number of nitrogens with one attached hydrogen (secondary N) is 2. The highest BCUT2D eigenvalue weighted by Crippen LogP contribution is 2.16. The normalized spacial score (nSPS) is 22.5. The van der Waals surface area contributed by atoms with Crippen LogP contribution in [0, 0.1) is 0 Å². The molecule has 0 unspecified atom stereocenters. The summed E-state index contributed by atoms with van der Waals surface area (Å²) in [5, 5.41) is 6.85. The maximum Gasteiger partial charge on any atom is 0.0161 e. The average molecular weight is 170 g/mol. The van der Waals surface area contributed by atoms with Crippen LogP contribution in [0.15, 0.2) is 0 Å². The number of likely N-dealkylation sites (N-methyl/N-ethyl adjacent to an activating group) is 1. The second kappa shape index (κ2) is 5.55. The fourth-order valence-electron chi connectivity index (χ4n) is 1.75. The van der Waals surface area contributed by atoms with Gasteiger partial charge in [-0.05, 0) is 26.8 Å². The monoisotopic (exact) mass is 170 g/mol. The van der Waals surface area contributed by atoms with Gasteiger partial charge in [0.2, 0.25) is 0 Å². The van der Waals surface area contributed by atoms with E-state index in [1.165, 1.54) is 32.1 Å². The van der Waals surface area contributed by atoms with Gasteiger partial charge in [-0.15, -0.1) is 0 Å². The summed E-state index contributed by atoms with van der Waals surface area (Å²) in [4.78, 5) is 0. The molecule has 2 N–H and O–H groups in total. The molecule has 2 nitrogen and oxygen atoms in total. The summed E-state index contributed by atoms with van der Waals surface area (Å²) in [6.45, 7) is 3.33. The highest BCUT2D eigenvalue weighted by molar-refractivity contribution is 4.73. The Kier molecular flexibility index (Phi) is 4.62. The summed E-state index contributed by atoms with van der Waals surface area (Å²) in [6.07, 6.45) is 7.06. The van der Waals surface area contributed by atoms with Crippen LogP contribution in [0.1, 0.15) is 39.0 Å². The van der Waals surface area contributed by atoms with Gasteiger partial charge in [-0.1, -0.05) is 19.3 Å². The Bertz CT molecular complexity index is 108. The van der Waals surface area contributed by atoms with Gasteiger partial charge in [0.05, 0.1) is 0 Å². The predicted molar refractivity (Wildman–Crippen MR) is 53.4 cm³/mol. The van der Waals surface area contributed by atoms with E-state index in [4.69, 9.17) is 0 Å². The Morgan fingerprint density at radius 3 is 2.50 bits per heavy atom. The first-order chi connectivity index (χ1) is 5.83. The molecule has 0 heterocycles. The van der Waals surface area contributed by atoms with E-state index in [9.17, 15) is 0 Å². The molecule has 1 atom stereocenters.